The summed E-state index contributed by atoms with van der Waals surface area (Å²) in [6.07, 6.45) is 4.21. The molecular weight excluding hydrogens is 540 g/mol. The third-order valence-electron chi connectivity index (χ3n) is 8.56. The molecule has 2 aliphatic rings. The molecule has 1 aliphatic heterocycles. The molecule has 1 heterocycles. The Kier molecular flexibility index (Phi) is 8.31. The SMILES string of the molecule is COc1cc(C(=O)O)ccc1CC1CN(C(c2ccccc2)c2ccccc2)c2ccc(NC(=O)OC3CCCC3)cc21. The van der Waals surface area contributed by atoms with Crippen molar-refractivity contribution in [2.45, 2.75) is 50.2 Å². The van der Waals surface area contributed by atoms with Crippen LogP contribution in [0.15, 0.2) is 97.1 Å². The zero-order valence-corrected chi connectivity index (χ0v) is 24.2. The fourth-order valence-electron chi connectivity index (χ4n) is 6.51. The number of anilines is 2. The average Bonchev–Trinajstić information content (AvgIpc) is 3.66. The Hall–Kier alpha value is -4.78. The number of hydrogen-bond donors (Lipinski definition) is 2. The number of nitrogens with zero attached hydrogens (tertiary/aromatic N) is 1. The van der Waals surface area contributed by atoms with Crippen molar-refractivity contribution >= 4 is 23.4 Å². The van der Waals surface area contributed by atoms with Crippen LogP contribution in [-0.2, 0) is 11.2 Å². The lowest BCUT2D eigenvalue weighted by atomic mass is 9.92. The van der Waals surface area contributed by atoms with Crippen LogP contribution in [0.25, 0.3) is 0 Å². The second-order valence-corrected chi connectivity index (χ2v) is 11.3. The van der Waals surface area contributed by atoms with Crippen molar-refractivity contribution in [3.05, 3.63) is 125 Å². The molecule has 7 nitrogen and oxygen atoms in total. The number of carbonyl (C=O) groups is 2. The van der Waals surface area contributed by atoms with Gasteiger partial charge < -0.3 is 19.5 Å². The van der Waals surface area contributed by atoms with E-state index in [1.165, 1.54) is 11.1 Å². The molecule has 4 aromatic rings. The van der Waals surface area contributed by atoms with Crippen molar-refractivity contribution in [2.24, 2.45) is 0 Å². The molecule has 1 amide bonds. The van der Waals surface area contributed by atoms with E-state index in [4.69, 9.17) is 9.47 Å². The Morgan fingerprint density at radius 2 is 1.58 bits per heavy atom. The van der Waals surface area contributed by atoms with Gasteiger partial charge in [0.2, 0.25) is 0 Å². The van der Waals surface area contributed by atoms with E-state index >= 15 is 0 Å². The topological polar surface area (TPSA) is 88.1 Å². The Labute approximate surface area is 252 Å². The van der Waals surface area contributed by atoms with Gasteiger partial charge in [0.1, 0.15) is 11.9 Å². The van der Waals surface area contributed by atoms with Crippen molar-refractivity contribution < 1.29 is 24.2 Å². The number of methoxy groups -OCH3 is 1. The second-order valence-electron chi connectivity index (χ2n) is 11.3. The van der Waals surface area contributed by atoms with E-state index in [-0.39, 0.29) is 23.6 Å². The van der Waals surface area contributed by atoms with E-state index in [0.29, 0.717) is 17.9 Å². The minimum absolute atomic E-state index is 0.0172. The molecule has 7 heteroatoms. The van der Waals surface area contributed by atoms with Crippen LogP contribution in [0, 0.1) is 0 Å². The maximum Gasteiger partial charge on any atom is 0.411 e. The lowest BCUT2D eigenvalue weighted by molar-refractivity contribution is 0.0696. The van der Waals surface area contributed by atoms with Crippen molar-refractivity contribution in [3.8, 4) is 5.75 Å². The van der Waals surface area contributed by atoms with Crippen LogP contribution in [0.1, 0.15) is 70.3 Å². The number of carboxylic acid groups (broad SMARTS) is 1. The molecule has 1 unspecified atom stereocenters. The summed E-state index contributed by atoms with van der Waals surface area (Å²) in [5.74, 6) is -0.380. The smallest absolute Gasteiger partial charge is 0.411 e. The van der Waals surface area contributed by atoms with E-state index in [1.807, 2.05) is 24.3 Å². The molecule has 220 valence electrons. The zero-order chi connectivity index (χ0) is 29.8. The Morgan fingerprint density at radius 1 is 0.907 bits per heavy atom. The van der Waals surface area contributed by atoms with Crippen molar-refractivity contribution in [1.29, 1.82) is 0 Å². The Balaban J connectivity index is 1.37. The van der Waals surface area contributed by atoms with Crippen molar-refractivity contribution in [3.63, 3.8) is 0 Å². The van der Waals surface area contributed by atoms with Crippen LogP contribution >= 0.6 is 0 Å². The number of nitrogens with one attached hydrogen (secondary N) is 1. The first-order chi connectivity index (χ1) is 21.0. The van der Waals surface area contributed by atoms with Gasteiger partial charge in [-0.2, -0.15) is 0 Å². The summed E-state index contributed by atoms with van der Waals surface area (Å²) in [7, 11) is 1.57. The monoisotopic (exact) mass is 576 g/mol. The number of carboxylic acids is 1. The first-order valence-electron chi connectivity index (χ1n) is 14.9. The van der Waals surface area contributed by atoms with E-state index < -0.39 is 12.1 Å². The molecule has 1 saturated carbocycles. The summed E-state index contributed by atoms with van der Waals surface area (Å²) < 4.78 is 11.3. The normalized spacial score (nSPS) is 16.2. The van der Waals surface area contributed by atoms with Crippen molar-refractivity contribution in [1.82, 2.24) is 0 Å². The van der Waals surface area contributed by atoms with Crippen LogP contribution in [0.3, 0.4) is 0 Å². The molecule has 0 bridgehead atoms. The predicted molar refractivity (Wildman–Crippen MR) is 167 cm³/mol. The van der Waals surface area contributed by atoms with Crippen molar-refractivity contribution in [2.75, 3.05) is 23.9 Å². The minimum atomic E-state index is -0.990. The summed E-state index contributed by atoms with van der Waals surface area (Å²) in [4.78, 5) is 26.8. The Bertz CT molecular complexity index is 1540. The fourth-order valence-corrected chi connectivity index (χ4v) is 6.51. The molecule has 6 rings (SSSR count). The van der Waals surface area contributed by atoms with Gasteiger partial charge in [0.05, 0.1) is 18.7 Å². The highest BCUT2D eigenvalue weighted by molar-refractivity contribution is 5.88. The quantitative estimate of drug-likeness (QED) is 0.211. The van der Waals surface area contributed by atoms with E-state index in [1.54, 1.807) is 19.2 Å². The first-order valence-corrected chi connectivity index (χ1v) is 14.9. The molecule has 4 aromatic carbocycles. The second kappa shape index (κ2) is 12.6. The molecule has 1 aliphatic carbocycles. The van der Waals surface area contributed by atoms with Gasteiger partial charge in [-0.25, -0.2) is 9.59 Å². The van der Waals surface area contributed by atoms with Gasteiger partial charge in [-0.05, 0) is 84.7 Å². The number of amides is 1. The summed E-state index contributed by atoms with van der Waals surface area (Å²) in [5.41, 5.74) is 6.39. The zero-order valence-electron chi connectivity index (χ0n) is 24.2. The standard InChI is InChI=1S/C36H36N2O5/c1-42-33-21-27(35(39)40)17-16-26(33)20-28-23-38(34(24-10-4-2-5-11-24)25-12-6-3-7-13-25)32-19-18-29(22-31(28)32)37-36(41)43-30-14-8-9-15-30/h2-7,10-13,16-19,21-22,28,30,34H,8-9,14-15,20,23H2,1H3,(H,37,41)(H,39,40). The summed E-state index contributed by atoms with van der Waals surface area (Å²) >= 11 is 0. The first kappa shape index (κ1) is 28.3. The highest BCUT2D eigenvalue weighted by Gasteiger charge is 2.35. The predicted octanol–water partition coefficient (Wildman–Crippen LogP) is 7.82. The number of fused-ring (bicyclic) bond motifs is 1. The number of benzene rings is 4. The van der Waals surface area contributed by atoms with E-state index in [2.05, 4.69) is 70.9 Å². The molecule has 1 atom stereocenters. The number of aromatic carboxylic acids is 1. The lowest BCUT2D eigenvalue weighted by Gasteiger charge is -2.32. The van der Waals surface area contributed by atoms with Crippen LogP contribution < -0.4 is 15.0 Å². The summed E-state index contributed by atoms with van der Waals surface area (Å²) in [5, 5.41) is 12.5. The van der Waals surface area contributed by atoms with Gasteiger partial charge in [0.15, 0.2) is 0 Å². The van der Waals surface area contributed by atoms with E-state index in [0.717, 1.165) is 49.0 Å². The molecule has 1 fully saturated rings. The Morgan fingerprint density at radius 3 is 2.21 bits per heavy atom. The molecule has 0 spiro atoms. The minimum Gasteiger partial charge on any atom is -0.496 e. The summed E-state index contributed by atoms with van der Waals surface area (Å²) in [6, 6.07) is 32.1. The maximum atomic E-state index is 12.7. The number of rotatable bonds is 9. The largest absolute Gasteiger partial charge is 0.496 e. The average molecular weight is 577 g/mol. The molecule has 0 aromatic heterocycles. The van der Waals surface area contributed by atoms with Crippen LogP contribution in [0.2, 0.25) is 0 Å². The van der Waals surface area contributed by atoms with Gasteiger partial charge in [0.25, 0.3) is 0 Å². The maximum absolute atomic E-state index is 12.7. The van der Waals surface area contributed by atoms with Gasteiger partial charge in [0, 0.05) is 23.8 Å². The van der Waals surface area contributed by atoms with Crippen LogP contribution in [-0.4, -0.2) is 36.9 Å². The highest BCUT2D eigenvalue weighted by Crippen LogP contribution is 2.46. The lowest BCUT2D eigenvalue weighted by Crippen LogP contribution is -2.29. The molecule has 2 N–H and O–H groups in total. The van der Waals surface area contributed by atoms with Gasteiger partial charge >= 0.3 is 12.1 Å². The van der Waals surface area contributed by atoms with Crippen LogP contribution in [0.5, 0.6) is 5.75 Å². The molecule has 43 heavy (non-hydrogen) atoms. The summed E-state index contributed by atoms with van der Waals surface area (Å²) in [6.45, 7) is 0.726. The third-order valence-corrected chi connectivity index (χ3v) is 8.56. The number of ether oxygens (including phenoxy) is 2. The molecule has 0 saturated heterocycles. The van der Waals surface area contributed by atoms with Gasteiger partial charge in [-0.3, -0.25) is 5.32 Å². The number of hydrogen-bond acceptors (Lipinski definition) is 5. The fraction of sp³-hybridized carbons (Fsp3) is 0.278. The highest BCUT2D eigenvalue weighted by atomic mass is 16.6. The van der Waals surface area contributed by atoms with Gasteiger partial charge in [-0.1, -0.05) is 66.7 Å². The molecular formula is C36H36N2O5. The third kappa shape index (κ3) is 6.21. The van der Waals surface area contributed by atoms with E-state index in [9.17, 15) is 14.7 Å². The molecule has 0 radical (unpaired) electrons. The van der Waals surface area contributed by atoms with Gasteiger partial charge in [-0.15, -0.1) is 0 Å². The number of carbonyl (C=O) groups excluding carboxylic acids is 1. The van der Waals surface area contributed by atoms with Crippen LogP contribution in [0.4, 0.5) is 16.2 Å².